The third-order valence-electron chi connectivity index (χ3n) is 8.20. The van der Waals surface area contributed by atoms with Crippen LogP contribution in [0.4, 0.5) is 16.4 Å². The quantitative estimate of drug-likeness (QED) is 0.443. The zero-order chi connectivity index (χ0) is 26.8. The van der Waals surface area contributed by atoms with Crippen LogP contribution in [0.25, 0.3) is 11.2 Å². The van der Waals surface area contributed by atoms with Crippen molar-refractivity contribution >= 4 is 34.9 Å². The molecule has 39 heavy (non-hydrogen) atoms. The molecule has 3 N–H and O–H groups in total. The highest BCUT2D eigenvalue weighted by Gasteiger charge is 2.44. The number of piperidine rings is 1. The molecule has 3 aliphatic rings. The van der Waals surface area contributed by atoms with Crippen LogP contribution in [0.3, 0.4) is 0 Å². The maximum atomic E-state index is 12.8. The molecule has 4 heterocycles. The summed E-state index contributed by atoms with van der Waals surface area (Å²) in [5.74, 6) is 0.457. The normalized spacial score (nSPS) is 18.9. The number of nitrogens with one attached hydrogen (secondary N) is 3. The number of rotatable bonds is 6. The Morgan fingerprint density at radius 2 is 1.95 bits per heavy atom. The minimum atomic E-state index is -0.280. The molecule has 1 aliphatic carbocycles. The van der Waals surface area contributed by atoms with Gasteiger partial charge in [0.05, 0.1) is 6.61 Å². The van der Waals surface area contributed by atoms with E-state index < -0.39 is 0 Å². The number of benzene rings is 1. The first-order valence-electron chi connectivity index (χ1n) is 13.9. The molecular formula is C29H35N7O3. The van der Waals surface area contributed by atoms with Crippen molar-refractivity contribution in [3.63, 3.8) is 0 Å². The largest absolute Gasteiger partial charge is 0.450 e. The molecule has 2 amide bonds. The molecule has 2 aliphatic heterocycles. The van der Waals surface area contributed by atoms with E-state index in [4.69, 9.17) is 9.72 Å². The molecule has 6 rings (SSSR count). The predicted octanol–water partition coefficient (Wildman–Crippen LogP) is 3.98. The highest BCUT2D eigenvalue weighted by atomic mass is 16.6. The lowest BCUT2D eigenvalue weighted by Gasteiger charge is -2.50. The zero-order valence-corrected chi connectivity index (χ0v) is 22.3. The molecular weight excluding hydrogens is 494 g/mol. The van der Waals surface area contributed by atoms with Crippen LogP contribution in [0.5, 0.6) is 0 Å². The van der Waals surface area contributed by atoms with E-state index in [0.717, 1.165) is 54.8 Å². The van der Waals surface area contributed by atoms with E-state index in [1.807, 2.05) is 49.5 Å². The van der Waals surface area contributed by atoms with E-state index in [-0.39, 0.29) is 18.0 Å². The molecule has 0 bridgehead atoms. The number of fused-ring (bicyclic) bond motifs is 1. The van der Waals surface area contributed by atoms with Gasteiger partial charge in [0.15, 0.2) is 5.65 Å². The van der Waals surface area contributed by atoms with Crippen LogP contribution in [0, 0.1) is 5.41 Å². The second-order valence-electron chi connectivity index (χ2n) is 10.8. The van der Waals surface area contributed by atoms with E-state index in [1.54, 1.807) is 9.42 Å². The lowest BCUT2D eigenvalue weighted by atomic mass is 9.60. The zero-order valence-electron chi connectivity index (χ0n) is 22.3. The van der Waals surface area contributed by atoms with Gasteiger partial charge in [0, 0.05) is 42.1 Å². The summed E-state index contributed by atoms with van der Waals surface area (Å²) >= 11 is 0. The number of ether oxygens (including phenoxy) is 1. The maximum Gasteiger partial charge on any atom is 0.410 e. The summed E-state index contributed by atoms with van der Waals surface area (Å²) < 4.78 is 6.87. The summed E-state index contributed by atoms with van der Waals surface area (Å²) in [5.41, 5.74) is 4.78. The summed E-state index contributed by atoms with van der Waals surface area (Å²) in [6.07, 6.45) is 8.95. The average molecular weight is 530 g/mol. The number of amides is 2. The Balaban J connectivity index is 1.08. The van der Waals surface area contributed by atoms with Crippen LogP contribution in [0.2, 0.25) is 0 Å². The van der Waals surface area contributed by atoms with E-state index in [0.29, 0.717) is 36.6 Å². The Kier molecular flexibility index (Phi) is 6.95. The standard InChI is InChI=1S/C29H35N7O3/c1-2-39-28(38)35-16-9-20(10-17-35)24-4-3-15-36-25(24)33-27(34-36)32-22-7-5-21(6-8-22)26(37)31-23-18-29(19-23)11-13-30-14-12-29/h3-9,15,23,30H,2,10-14,16-19H2,1H3,(H,31,37)(H,32,34). The van der Waals surface area contributed by atoms with Crippen molar-refractivity contribution in [1.29, 1.82) is 0 Å². The second-order valence-corrected chi connectivity index (χ2v) is 10.8. The number of anilines is 2. The number of carbonyl (C=O) groups excluding carboxylic acids is 2. The van der Waals surface area contributed by atoms with Gasteiger partial charge in [-0.05, 0) is 99.5 Å². The van der Waals surface area contributed by atoms with Crippen LogP contribution in [-0.4, -0.2) is 70.3 Å². The molecule has 1 aromatic carbocycles. The summed E-state index contributed by atoms with van der Waals surface area (Å²) in [6.45, 7) is 5.47. The van der Waals surface area contributed by atoms with Gasteiger partial charge in [0.2, 0.25) is 5.95 Å². The first kappa shape index (κ1) is 25.4. The molecule has 1 spiro atoms. The molecule has 3 aromatic rings. The van der Waals surface area contributed by atoms with Crippen molar-refractivity contribution in [2.75, 3.05) is 38.1 Å². The van der Waals surface area contributed by atoms with E-state index in [2.05, 4.69) is 27.1 Å². The van der Waals surface area contributed by atoms with E-state index in [9.17, 15) is 9.59 Å². The minimum absolute atomic E-state index is 0.0203. The van der Waals surface area contributed by atoms with Crippen molar-refractivity contribution in [3.05, 3.63) is 59.8 Å². The number of pyridine rings is 1. The molecule has 10 nitrogen and oxygen atoms in total. The Morgan fingerprint density at radius 1 is 1.15 bits per heavy atom. The molecule has 0 atom stereocenters. The molecule has 204 valence electrons. The van der Waals surface area contributed by atoms with E-state index >= 15 is 0 Å². The Bertz CT molecular complexity index is 1380. The molecule has 1 saturated carbocycles. The van der Waals surface area contributed by atoms with Gasteiger partial charge in [-0.2, -0.15) is 4.98 Å². The van der Waals surface area contributed by atoms with Gasteiger partial charge in [0.1, 0.15) is 0 Å². The molecule has 2 aromatic heterocycles. The smallest absolute Gasteiger partial charge is 0.410 e. The molecule has 0 unspecified atom stereocenters. The van der Waals surface area contributed by atoms with Gasteiger partial charge >= 0.3 is 6.09 Å². The van der Waals surface area contributed by atoms with Crippen molar-refractivity contribution in [1.82, 2.24) is 30.1 Å². The highest BCUT2D eigenvalue weighted by molar-refractivity contribution is 5.94. The van der Waals surface area contributed by atoms with E-state index in [1.165, 1.54) is 12.8 Å². The second kappa shape index (κ2) is 10.7. The first-order valence-corrected chi connectivity index (χ1v) is 13.9. The van der Waals surface area contributed by atoms with Gasteiger partial charge in [-0.15, -0.1) is 5.10 Å². The Morgan fingerprint density at radius 3 is 2.67 bits per heavy atom. The fraction of sp³-hybridized carbons (Fsp3) is 0.448. The SMILES string of the molecule is CCOC(=O)N1CC=C(c2cccn3nc(Nc4ccc(C(=O)NC5CC6(CCNCC6)C5)cc4)nc23)CC1. The summed E-state index contributed by atoms with van der Waals surface area (Å²) in [6, 6.07) is 11.7. The van der Waals surface area contributed by atoms with Gasteiger partial charge in [-0.3, -0.25) is 4.79 Å². The fourth-order valence-electron chi connectivity index (χ4n) is 6.06. The topological polar surface area (TPSA) is 113 Å². The number of carbonyl (C=O) groups is 2. The first-order chi connectivity index (χ1) is 19.0. The number of hydrogen-bond donors (Lipinski definition) is 3. The summed E-state index contributed by atoms with van der Waals surface area (Å²) in [4.78, 5) is 31.2. The predicted molar refractivity (Wildman–Crippen MR) is 149 cm³/mol. The van der Waals surface area contributed by atoms with Crippen molar-refractivity contribution in [3.8, 4) is 0 Å². The lowest BCUT2D eigenvalue weighted by Crippen LogP contribution is -2.54. The van der Waals surface area contributed by atoms with Crippen molar-refractivity contribution in [2.24, 2.45) is 5.41 Å². The summed E-state index contributed by atoms with van der Waals surface area (Å²) in [7, 11) is 0. The summed E-state index contributed by atoms with van der Waals surface area (Å²) in [5, 5.41) is 14.5. The molecule has 10 heteroatoms. The number of hydrogen-bond acceptors (Lipinski definition) is 7. The average Bonchev–Trinajstić information content (AvgIpc) is 3.36. The number of aromatic nitrogens is 3. The van der Waals surface area contributed by atoms with Crippen LogP contribution in [0.1, 0.15) is 54.9 Å². The Labute approximate surface area is 227 Å². The van der Waals surface area contributed by atoms with Crippen LogP contribution >= 0.6 is 0 Å². The van der Waals surface area contributed by atoms with Gasteiger partial charge < -0.3 is 25.6 Å². The van der Waals surface area contributed by atoms with Crippen LogP contribution in [0.15, 0.2) is 48.7 Å². The Hall–Kier alpha value is -3.92. The maximum absolute atomic E-state index is 12.8. The van der Waals surface area contributed by atoms with Gasteiger partial charge in [-0.25, -0.2) is 9.31 Å². The molecule has 2 fully saturated rings. The number of nitrogens with zero attached hydrogens (tertiary/aromatic N) is 4. The van der Waals surface area contributed by atoms with Gasteiger partial charge in [0.25, 0.3) is 5.91 Å². The minimum Gasteiger partial charge on any atom is -0.450 e. The lowest BCUT2D eigenvalue weighted by molar-refractivity contribution is 0.0423. The molecule has 1 saturated heterocycles. The molecule has 0 radical (unpaired) electrons. The van der Waals surface area contributed by atoms with Crippen LogP contribution in [-0.2, 0) is 4.74 Å². The fourth-order valence-corrected chi connectivity index (χ4v) is 6.06. The third-order valence-corrected chi connectivity index (χ3v) is 8.20. The highest BCUT2D eigenvalue weighted by Crippen LogP contribution is 2.47. The van der Waals surface area contributed by atoms with Crippen molar-refractivity contribution < 1.29 is 14.3 Å². The van der Waals surface area contributed by atoms with Crippen LogP contribution < -0.4 is 16.0 Å². The van der Waals surface area contributed by atoms with Gasteiger partial charge in [-0.1, -0.05) is 6.08 Å². The third kappa shape index (κ3) is 5.34. The monoisotopic (exact) mass is 529 g/mol. The van der Waals surface area contributed by atoms with Crippen molar-refractivity contribution in [2.45, 2.75) is 45.1 Å².